The second-order valence-corrected chi connectivity index (χ2v) is 6.71. The van der Waals surface area contributed by atoms with Crippen molar-refractivity contribution < 1.29 is 9.53 Å². The van der Waals surface area contributed by atoms with E-state index in [9.17, 15) is 4.79 Å². The molecule has 0 saturated carbocycles. The van der Waals surface area contributed by atoms with Crippen LogP contribution in [-0.4, -0.2) is 58.5 Å². The first-order chi connectivity index (χ1) is 11.9. The number of benzene rings is 1. The lowest BCUT2D eigenvalue weighted by Gasteiger charge is -2.29. The van der Waals surface area contributed by atoms with Gasteiger partial charge in [0.05, 0.1) is 7.05 Å². The Kier molecular flexibility index (Phi) is 6.46. The fraction of sp³-hybridized carbons (Fsp3) is 0.529. The van der Waals surface area contributed by atoms with Gasteiger partial charge in [0.15, 0.2) is 0 Å². The number of hydrogen-bond donors (Lipinski definition) is 1. The summed E-state index contributed by atoms with van der Waals surface area (Å²) in [6, 6.07) is 8.34. The van der Waals surface area contributed by atoms with Crippen molar-refractivity contribution >= 4 is 12.2 Å². The van der Waals surface area contributed by atoms with E-state index in [0.29, 0.717) is 12.3 Å². The molecule has 8 nitrogen and oxygen atoms in total. The second kappa shape index (κ2) is 8.57. The number of aromatic nitrogens is 4. The summed E-state index contributed by atoms with van der Waals surface area (Å²) in [4.78, 5) is 13.4. The summed E-state index contributed by atoms with van der Waals surface area (Å²) < 4.78 is 4.55. The van der Waals surface area contributed by atoms with E-state index in [4.69, 9.17) is 0 Å². The Morgan fingerprint density at radius 3 is 2.24 bits per heavy atom. The number of nitrogens with one attached hydrogen (secondary N) is 1. The molecule has 25 heavy (non-hydrogen) atoms. The van der Waals surface area contributed by atoms with Gasteiger partial charge in [-0.1, -0.05) is 0 Å². The van der Waals surface area contributed by atoms with E-state index in [2.05, 4.69) is 42.5 Å². The third kappa shape index (κ3) is 6.15. The van der Waals surface area contributed by atoms with Gasteiger partial charge in [0.2, 0.25) is 5.82 Å². The summed E-state index contributed by atoms with van der Waals surface area (Å²) in [5, 5.41) is 15.4. The zero-order valence-corrected chi connectivity index (χ0v) is 15.3. The Labute approximate surface area is 148 Å². The van der Waals surface area contributed by atoms with Crippen LogP contribution in [0.15, 0.2) is 24.3 Å². The first kappa shape index (κ1) is 18.9. The van der Waals surface area contributed by atoms with E-state index in [1.54, 1.807) is 7.05 Å². The number of carbonyl (C=O) groups is 1. The van der Waals surface area contributed by atoms with Crippen molar-refractivity contribution in [3.05, 3.63) is 24.3 Å². The number of nitrogens with zero attached hydrogens (tertiary/aromatic N) is 5. The minimum Gasteiger partial charge on any atom is -0.462 e. The molecule has 1 aromatic carbocycles. The first-order valence-electron chi connectivity index (χ1n) is 8.30. The molecule has 0 radical (unpaired) electrons. The molecule has 3 rings (SSSR count). The van der Waals surface area contributed by atoms with Crippen LogP contribution in [0.25, 0.3) is 11.4 Å². The Morgan fingerprint density at radius 1 is 1.16 bits per heavy atom. The van der Waals surface area contributed by atoms with Gasteiger partial charge in [-0.3, -0.25) is 4.79 Å². The molecule has 1 fully saturated rings. The van der Waals surface area contributed by atoms with Gasteiger partial charge >= 0.3 is 0 Å². The van der Waals surface area contributed by atoms with Gasteiger partial charge in [-0.2, -0.15) is 4.80 Å². The van der Waals surface area contributed by atoms with Crippen LogP contribution >= 0.6 is 0 Å². The Hall–Kier alpha value is -2.48. The number of anilines is 1. The highest BCUT2D eigenvalue weighted by Gasteiger charge is 2.11. The van der Waals surface area contributed by atoms with Gasteiger partial charge in [0.1, 0.15) is 5.60 Å². The topological polar surface area (TPSA) is 85.2 Å². The molecule has 0 amide bonds. The predicted molar refractivity (Wildman–Crippen MR) is 96.2 cm³/mol. The number of tetrazole rings is 1. The van der Waals surface area contributed by atoms with E-state index < -0.39 is 0 Å². The fourth-order valence-corrected chi connectivity index (χ4v) is 2.29. The average Bonchev–Trinajstić information content (AvgIpc) is 3.02. The summed E-state index contributed by atoms with van der Waals surface area (Å²) in [6.45, 7) is 10.1. The zero-order valence-electron chi connectivity index (χ0n) is 15.3. The second-order valence-electron chi connectivity index (χ2n) is 6.71. The molecule has 0 spiro atoms. The van der Waals surface area contributed by atoms with E-state index >= 15 is 0 Å². The summed E-state index contributed by atoms with van der Waals surface area (Å²) in [7, 11) is 1.77. The van der Waals surface area contributed by atoms with Gasteiger partial charge in [0, 0.05) is 37.4 Å². The van der Waals surface area contributed by atoms with Crippen molar-refractivity contribution in [2.24, 2.45) is 7.05 Å². The van der Waals surface area contributed by atoms with Gasteiger partial charge in [-0.15, -0.1) is 10.2 Å². The zero-order chi connectivity index (χ0) is 18.3. The number of carbonyl (C=O) groups excluding carboxylic acids is 1. The average molecular weight is 346 g/mol. The lowest BCUT2D eigenvalue weighted by atomic mass is 10.2. The lowest BCUT2D eigenvalue weighted by Crippen LogP contribution is -2.43. The third-order valence-electron chi connectivity index (χ3n) is 3.52. The summed E-state index contributed by atoms with van der Waals surface area (Å²) in [6.07, 6.45) is 0. The fourth-order valence-electron chi connectivity index (χ4n) is 2.29. The highest BCUT2D eigenvalue weighted by molar-refractivity contribution is 5.60. The highest BCUT2D eigenvalue weighted by Crippen LogP contribution is 2.20. The van der Waals surface area contributed by atoms with Crippen LogP contribution in [0.5, 0.6) is 0 Å². The van der Waals surface area contributed by atoms with Gasteiger partial charge in [-0.05, 0) is 50.3 Å². The summed E-state index contributed by atoms with van der Waals surface area (Å²) in [5.41, 5.74) is 1.94. The molecule has 0 unspecified atom stereocenters. The monoisotopic (exact) mass is 346 g/mol. The molecule has 0 atom stereocenters. The van der Waals surface area contributed by atoms with Crippen molar-refractivity contribution in [1.29, 1.82) is 0 Å². The number of aryl methyl sites for hydroxylation is 1. The van der Waals surface area contributed by atoms with Crippen LogP contribution in [0.2, 0.25) is 0 Å². The van der Waals surface area contributed by atoms with E-state index in [1.807, 2.05) is 32.9 Å². The number of ether oxygens (including phenoxy) is 1. The molecular formula is C17H26N6O2. The van der Waals surface area contributed by atoms with Crippen LogP contribution in [0, 0.1) is 0 Å². The quantitative estimate of drug-likeness (QED) is 0.837. The molecule has 1 aromatic heterocycles. The molecule has 2 heterocycles. The third-order valence-corrected chi connectivity index (χ3v) is 3.52. The molecular weight excluding hydrogens is 320 g/mol. The molecule has 2 aromatic rings. The Morgan fingerprint density at radius 2 is 1.80 bits per heavy atom. The van der Waals surface area contributed by atoms with E-state index in [-0.39, 0.29) is 5.60 Å². The minimum absolute atomic E-state index is 0.318. The largest absolute Gasteiger partial charge is 0.462 e. The molecule has 1 saturated heterocycles. The summed E-state index contributed by atoms with van der Waals surface area (Å²) >= 11 is 0. The number of hydrogen-bond acceptors (Lipinski definition) is 7. The molecule has 1 aliphatic rings. The first-order valence-corrected chi connectivity index (χ1v) is 8.30. The maximum Gasteiger partial charge on any atom is 0.293 e. The molecule has 1 N–H and O–H groups in total. The van der Waals surface area contributed by atoms with E-state index in [0.717, 1.165) is 31.7 Å². The maximum absolute atomic E-state index is 9.60. The van der Waals surface area contributed by atoms with Gasteiger partial charge < -0.3 is 15.0 Å². The standard InChI is InChI=1S/C12H16N6.C5H10O2/c1-17-15-12(14-16-17)10-2-4-11(5-3-10)18-8-6-13-7-9-18;1-5(2,3)7-4-6/h2-5,13H,6-9H2,1H3;4H,1-3H3. The summed E-state index contributed by atoms with van der Waals surface area (Å²) in [5.74, 6) is 0.671. The van der Waals surface area contributed by atoms with Crippen LogP contribution < -0.4 is 10.2 Å². The predicted octanol–water partition coefficient (Wildman–Crippen LogP) is 1.24. The van der Waals surface area contributed by atoms with Crippen molar-refractivity contribution in [2.45, 2.75) is 26.4 Å². The minimum atomic E-state index is -0.318. The van der Waals surface area contributed by atoms with Crippen LogP contribution in [0.4, 0.5) is 5.69 Å². The van der Waals surface area contributed by atoms with Crippen molar-refractivity contribution in [1.82, 2.24) is 25.5 Å². The van der Waals surface area contributed by atoms with Crippen LogP contribution in [0.3, 0.4) is 0 Å². The smallest absolute Gasteiger partial charge is 0.293 e. The Balaban J connectivity index is 0.000000277. The molecule has 8 heteroatoms. The highest BCUT2D eigenvalue weighted by atomic mass is 16.5. The van der Waals surface area contributed by atoms with Crippen molar-refractivity contribution in [3.63, 3.8) is 0 Å². The SMILES string of the molecule is CC(C)(C)OC=O.Cn1nnc(-c2ccc(N3CCNCC3)cc2)n1. The van der Waals surface area contributed by atoms with Crippen LogP contribution in [0.1, 0.15) is 20.8 Å². The van der Waals surface area contributed by atoms with Crippen molar-refractivity contribution in [3.8, 4) is 11.4 Å². The molecule has 1 aliphatic heterocycles. The number of rotatable bonds is 3. The molecule has 136 valence electrons. The number of piperazine rings is 1. The normalized spacial score (nSPS) is 14.5. The molecule has 0 aliphatic carbocycles. The van der Waals surface area contributed by atoms with Gasteiger partial charge in [-0.25, -0.2) is 0 Å². The lowest BCUT2D eigenvalue weighted by molar-refractivity contribution is -0.138. The maximum atomic E-state index is 9.60. The van der Waals surface area contributed by atoms with Gasteiger partial charge in [0.25, 0.3) is 6.47 Å². The molecule has 0 bridgehead atoms. The Bertz CT molecular complexity index is 657. The van der Waals surface area contributed by atoms with Crippen LogP contribution in [-0.2, 0) is 16.6 Å². The van der Waals surface area contributed by atoms with E-state index in [1.165, 1.54) is 10.5 Å². The van der Waals surface area contributed by atoms with Crippen molar-refractivity contribution in [2.75, 3.05) is 31.1 Å².